The average molecular weight is 644 g/mol. The second-order valence-electron chi connectivity index (χ2n) is 13.3. The van der Waals surface area contributed by atoms with Crippen LogP contribution in [0.2, 0.25) is 0 Å². The molecule has 0 heterocycles. The van der Waals surface area contributed by atoms with Crippen LogP contribution in [0.3, 0.4) is 0 Å². The molecule has 0 saturated heterocycles. The lowest BCUT2D eigenvalue weighted by molar-refractivity contribution is -0.158. The third-order valence-electron chi connectivity index (χ3n) is 5.35. The number of carbonyl (C=O) groups excluding carboxylic acids is 5. The number of amides is 3. The Morgan fingerprint density at radius 1 is 0.652 bits per heavy atom. The maximum absolute atomic E-state index is 13.2. The summed E-state index contributed by atoms with van der Waals surface area (Å²) >= 11 is 0. The molecule has 0 atom stereocenters. The molecular weight excluding hydrogens is 598 g/mol. The molecular formula is C33H45N3O10. The second-order valence-corrected chi connectivity index (χ2v) is 13.3. The highest BCUT2D eigenvalue weighted by atomic mass is 16.6. The number of hydrogen-bond acceptors (Lipinski definition) is 10. The normalized spacial score (nSPS) is 11.5. The fraction of sp³-hybridized carbons (Fsp3) is 0.485. The van der Waals surface area contributed by atoms with Gasteiger partial charge in [-0.3, -0.25) is 20.0 Å². The standard InChI is InChI=1S/C33H45N3O10/c1-31(2,3)44-26(37)19-42-24-16-15-23(17-25(24)43-20-27(38)45-32(4,5)6)29(40)36(10)35-28(39)22-13-11-21(12-14-22)18-34-30(41)46-33(7,8)9/h11-17H,18-20H2,1-10H3,(H,34,41)(H,35,39). The van der Waals surface area contributed by atoms with Gasteiger partial charge in [-0.25, -0.2) is 14.4 Å². The van der Waals surface area contributed by atoms with Crippen LogP contribution < -0.4 is 20.2 Å². The van der Waals surface area contributed by atoms with Gasteiger partial charge < -0.3 is 29.0 Å². The largest absolute Gasteiger partial charge is 0.478 e. The van der Waals surface area contributed by atoms with E-state index in [1.807, 2.05) is 0 Å². The van der Waals surface area contributed by atoms with Crippen LogP contribution in [0.25, 0.3) is 0 Å². The number of hydrogen-bond donors (Lipinski definition) is 2. The van der Waals surface area contributed by atoms with E-state index in [9.17, 15) is 24.0 Å². The summed E-state index contributed by atoms with van der Waals surface area (Å²) in [6.45, 7) is 14.8. The lowest BCUT2D eigenvalue weighted by atomic mass is 10.1. The summed E-state index contributed by atoms with van der Waals surface area (Å²) in [7, 11) is 1.37. The van der Waals surface area contributed by atoms with E-state index in [-0.39, 0.29) is 29.2 Å². The van der Waals surface area contributed by atoms with Gasteiger partial charge in [0.2, 0.25) is 0 Å². The van der Waals surface area contributed by atoms with E-state index in [4.69, 9.17) is 23.7 Å². The fourth-order valence-electron chi connectivity index (χ4n) is 3.61. The van der Waals surface area contributed by atoms with Crippen molar-refractivity contribution in [2.24, 2.45) is 0 Å². The molecule has 252 valence electrons. The molecule has 0 bridgehead atoms. The van der Waals surface area contributed by atoms with Gasteiger partial charge in [-0.1, -0.05) is 12.1 Å². The fourth-order valence-corrected chi connectivity index (χ4v) is 3.61. The Morgan fingerprint density at radius 3 is 1.63 bits per heavy atom. The zero-order valence-electron chi connectivity index (χ0n) is 28.2. The molecule has 0 unspecified atom stereocenters. The van der Waals surface area contributed by atoms with Gasteiger partial charge in [0.15, 0.2) is 24.7 Å². The molecule has 0 aliphatic carbocycles. The summed E-state index contributed by atoms with van der Waals surface area (Å²) in [5, 5.41) is 3.64. The predicted molar refractivity (Wildman–Crippen MR) is 168 cm³/mol. The number of rotatable bonds is 10. The first kappa shape index (κ1) is 37.4. The highest BCUT2D eigenvalue weighted by Crippen LogP contribution is 2.29. The van der Waals surface area contributed by atoms with Gasteiger partial charge in [0.05, 0.1) is 0 Å². The van der Waals surface area contributed by atoms with E-state index >= 15 is 0 Å². The number of nitrogens with zero attached hydrogens (tertiary/aromatic N) is 1. The maximum Gasteiger partial charge on any atom is 0.407 e. The first-order valence-electron chi connectivity index (χ1n) is 14.6. The number of ether oxygens (including phenoxy) is 5. The quantitative estimate of drug-likeness (QED) is 0.213. The molecule has 0 radical (unpaired) electrons. The molecule has 2 rings (SSSR count). The molecule has 0 aliphatic rings. The minimum atomic E-state index is -0.744. The van der Waals surface area contributed by atoms with Gasteiger partial charge in [-0.05, 0) is 98.2 Å². The Bertz CT molecular complexity index is 1400. The van der Waals surface area contributed by atoms with Crippen LogP contribution in [0.4, 0.5) is 4.79 Å². The Kier molecular flexibility index (Phi) is 12.6. The molecule has 0 saturated carbocycles. The minimum absolute atomic E-state index is 0.00410. The van der Waals surface area contributed by atoms with Crippen molar-refractivity contribution >= 4 is 29.8 Å². The Balaban J connectivity index is 2.12. The van der Waals surface area contributed by atoms with Gasteiger partial charge in [0.25, 0.3) is 11.8 Å². The topological polar surface area (TPSA) is 159 Å². The third kappa shape index (κ3) is 13.9. The molecule has 0 fully saturated rings. The van der Waals surface area contributed by atoms with Crippen LogP contribution in [0.1, 0.15) is 88.6 Å². The molecule has 46 heavy (non-hydrogen) atoms. The Morgan fingerprint density at radius 2 is 1.13 bits per heavy atom. The van der Waals surface area contributed by atoms with Crippen molar-refractivity contribution in [1.29, 1.82) is 0 Å². The van der Waals surface area contributed by atoms with E-state index in [1.54, 1.807) is 86.6 Å². The summed E-state index contributed by atoms with van der Waals surface area (Å²) < 4.78 is 27.0. The highest BCUT2D eigenvalue weighted by molar-refractivity contribution is 5.99. The van der Waals surface area contributed by atoms with Crippen molar-refractivity contribution in [3.05, 3.63) is 59.2 Å². The van der Waals surface area contributed by atoms with Gasteiger partial charge in [-0.15, -0.1) is 0 Å². The predicted octanol–water partition coefficient (Wildman–Crippen LogP) is 4.57. The van der Waals surface area contributed by atoms with Crippen LogP contribution in [-0.2, 0) is 30.3 Å². The summed E-state index contributed by atoms with van der Waals surface area (Å²) in [5.41, 5.74) is 1.52. The summed E-state index contributed by atoms with van der Waals surface area (Å²) in [5.74, 6) is -2.36. The van der Waals surface area contributed by atoms with E-state index in [2.05, 4.69) is 10.7 Å². The number of benzene rings is 2. The van der Waals surface area contributed by atoms with E-state index in [0.29, 0.717) is 0 Å². The number of alkyl carbamates (subject to hydrolysis) is 1. The molecule has 13 nitrogen and oxygen atoms in total. The van der Waals surface area contributed by atoms with Crippen LogP contribution in [0.15, 0.2) is 42.5 Å². The van der Waals surface area contributed by atoms with Crippen molar-refractivity contribution in [1.82, 2.24) is 15.8 Å². The zero-order chi connectivity index (χ0) is 34.9. The van der Waals surface area contributed by atoms with Gasteiger partial charge in [-0.2, -0.15) is 0 Å². The van der Waals surface area contributed by atoms with Crippen molar-refractivity contribution in [3.8, 4) is 11.5 Å². The SMILES string of the molecule is CN(NC(=O)c1ccc(CNC(=O)OC(C)(C)C)cc1)C(=O)c1ccc(OCC(=O)OC(C)(C)C)c(OCC(=O)OC(C)(C)C)c1. The van der Waals surface area contributed by atoms with Gasteiger partial charge >= 0.3 is 18.0 Å². The van der Waals surface area contributed by atoms with Crippen LogP contribution in [0.5, 0.6) is 11.5 Å². The van der Waals surface area contributed by atoms with Crippen molar-refractivity contribution in [2.75, 3.05) is 20.3 Å². The molecule has 0 aliphatic heterocycles. The second kappa shape index (κ2) is 15.5. The molecule has 13 heteroatoms. The van der Waals surface area contributed by atoms with E-state index < -0.39 is 59.9 Å². The molecule has 2 aromatic rings. The summed E-state index contributed by atoms with van der Waals surface area (Å²) in [6, 6.07) is 10.6. The number of hydrazine groups is 1. The Labute approximate surface area is 269 Å². The van der Waals surface area contributed by atoms with Crippen LogP contribution in [-0.4, -0.2) is 71.9 Å². The number of nitrogens with one attached hydrogen (secondary N) is 2. The first-order valence-corrected chi connectivity index (χ1v) is 14.6. The molecule has 2 aromatic carbocycles. The highest BCUT2D eigenvalue weighted by Gasteiger charge is 2.22. The van der Waals surface area contributed by atoms with Crippen molar-refractivity contribution < 1.29 is 47.7 Å². The average Bonchev–Trinajstić information content (AvgIpc) is 2.91. The summed E-state index contributed by atoms with van der Waals surface area (Å²) in [4.78, 5) is 62.4. The molecule has 2 N–H and O–H groups in total. The Hall–Kier alpha value is -4.81. The van der Waals surface area contributed by atoms with Crippen molar-refractivity contribution in [2.45, 2.75) is 85.7 Å². The monoisotopic (exact) mass is 643 g/mol. The summed E-state index contributed by atoms with van der Waals surface area (Å²) in [6.07, 6.45) is -0.560. The van der Waals surface area contributed by atoms with Crippen LogP contribution in [0, 0.1) is 0 Å². The number of esters is 2. The maximum atomic E-state index is 13.2. The lowest BCUT2D eigenvalue weighted by Gasteiger charge is -2.22. The molecule has 3 amide bonds. The lowest BCUT2D eigenvalue weighted by Crippen LogP contribution is -2.43. The van der Waals surface area contributed by atoms with Gasteiger partial charge in [0.1, 0.15) is 16.8 Å². The zero-order valence-corrected chi connectivity index (χ0v) is 28.2. The van der Waals surface area contributed by atoms with Crippen molar-refractivity contribution in [3.63, 3.8) is 0 Å². The smallest absolute Gasteiger partial charge is 0.407 e. The molecule has 0 aromatic heterocycles. The minimum Gasteiger partial charge on any atom is -0.478 e. The first-order chi connectivity index (χ1) is 21.1. The number of carbonyl (C=O) groups is 5. The molecule has 0 spiro atoms. The third-order valence-corrected chi connectivity index (χ3v) is 5.35. The van der Waals surface area contributed by atoms with E-state index in [0.717, 1.165) is 10.6 Å². The van der Waals surface area contributed by atoms with Crippen LogP contribution >= 0.6 is 0 Å². The van der Waals surface area contributed by atoms with E-state index in [1.165, 1.54) is 25.2 Å². The van der Waals surface area contributed by atoms with Gasteiger partial charge in [0, 0.05) is 24.7 Å².